The maximum atomic E-state index is 6.02. The van der Waals surface area contributed by atoms with Crippen LogP contribution >= 0.6 is 11.8 Å². The molecule has 3 rings (SSSR count). The lowest BCUT2D eigenvalue weighted by Crippen LogP contribution is -2.32. The minimum absolute atomic E-state index is 0.674. The third-order valence-corrected chi connectivity index (χ3v) is 6.17. The summed E-state index contributed by atoms with van der Waals surface area (Å²) in [6.45, 7) is 3.13. The highest BCUT2D eigenvalue weighted by atomic mass is 32.2. The van der Waals surface area contributed by atoms with E-state index in [4.69, 9.17) is 5.73 Å². The molecule has 1 saturated carbocycles. The topological polar surface area (TPSA) is 41.8 Å². The number of aromatic amines is 1. The molecule has 0 amide bonds. The van der Waals surface area contributed by atoms with Gasteiger partial charge in [0.25, 0.3) is 0 Å². The van der Waals surface area contributed by atoms with E-state index < -0.39 is 0 Å². The van der Waals surface area contributed by atoms with E-state index in [1.54, 1.807) is 0 Å². The van der Waals surface area contributed by atoms with E-state index in [9.17, 15) is 0 Å². The van der Waals surface area contributed by atoms with Crippen molar-refractivity contribution in [2.24, 2.45) is 17.6 Å². The van der Waals surface area contributed by atoms with E-state index in [1.165, 1.54) is 48.0 Å². The molecule has 1 aliphatic carbocycles. The summed E-state index contributed by atoms with van der Waals surface area (Å²) in [5, 5.41) is 3.29. The van der Waals surface area contributed by atoms with Crippen LogP contribution in [0, 0.1) is 11.8 Å². The monoisotopic (exact) mass is 302 g/mol. The van der Waals surface area contributed by atoms with Gasteiger partial charge in [0, 0.05) is 16.2 Å². The van der Waals surface area contributed by atoms with Crippen molar-refractivity contribution >= 4 is 22.7 Å². The molecule has 1 aliphatic rings. The molecule has 0 aliphatic heterocycles. The Labute approximate surface area is 131 Å². The fourth-order valence-electron chi connectivity index (χ4n) is 3.63. The maximum Gasteiger partial charge on any atom is 0.0735 e. The van der Waals surface area contributed by atoms with Crippen molar-refractivity contribution in [1.82, 2.24) is 4.98 Å². The van der Waals surface area contributed by atoms with Gasteiger partial charge in [0.2, 0.25) is 0 Å². The predicted octanol–water partition coefficient (Wildman–Crippen LogP) is 4.80. The zero-order chi connectivity index (χ0) is 14.7. The van der Waals surface area contributed by atoms with Crippen molar-refractivity contribution in [3.05, 3.63) is 30.3 Å². The van der Waals surface area contributed by atoms with Crippen molar-refractivity contribution < 1.29 is 0 Å². The van der Waals surface area contributed by atoms with Crippen LogP contribution in [0.5, 0.6) is 0 Å². The number of H-pyrrole nitrogens is 1. The van der Waals surface area contributed by atoms with E-state index in [-0.39, 0.29) is 0 Å². The van der Waals surface area contributed by atoms with Gasteiger partial charge in [-0.2, -0.15) is 0 Å². The lowest BCUT2D eigenvalue weighted by molar-refractivity contribution is 0.276. The minimum Gasteiger partial charge on any atom is -0.350 e. The number of nitrogens with one attached hydrogen (secondary N) is 1. The predicted molar refractivity (Wildman–Crippen MR) is 92.7 cm³/mol. The molecule has 1 aromatic carbocycles. The molecule has 2 nitrogen and oxygen atoms in total. The van der Waals surface area contributed by atoms with Gasteiger partial charge in [0.1, 0.15) is 0 Å². The number of fused-ring (bicyclic) bond motifs is 1. The molecule has 3 N–H and O–H groups in total. The lowest BCUT2D eigenvalue weighted by Gasteiger charge is -2.35. The van der Waals surface area contributed by atoms with Crippen LogP contribution in [0.15, 0.2) is 35.4 Å². The largest absolute Gasteiger partial charge is 0.350 e. The van der Waals surface area contributed by atoms with E-state index in [1.807, 2.05) is 11.8 Å². The molecule has 0 spiro atoms. The fraction of sp³-hybridized carbons (Fsp3) is 0.556. The van der Waals surface area contributed by atoms with Crippen molar-refractivity contribution in [2.75, 3.05) is 6.54 Å². The van der Waals surface area contributed by atoms with E-state index in [0.717, 1.165) is 12.5 Å². The number of thioether (sulfide) groups is 1. The Morgan fingerprint density at radius 2 is 2.14 bits per heavy atom. The van der Waals surface area contributed by atoms with Crippen LogP contribution in [-0.2, 0) is 0 Å². The molecule has 1 aromatic heterocycles. The fourth-order valence-corrected chi connectivity index (χ4v) is 5.13. The number of rotatable bonds is 5. The van der Waals surface area contributed by atoms with Crippen LogP contribution in [0.2, 0.25) is 0 Å². The number of para-hydroxylation sites is 1. The highest BCUT2D eigenvalue weighted by Gasteiger charge is 2.30. The standard InChI is InChI=1S/C18H26N2S/c1-2-5-13-8-9-15(12-19)17(10-13)21-18-11-14-6-3-4-7-16(14)20-18/h3-4,6-7,11,13,15,17,20H,2,5,8-10,12,19H2,1H3. The first-order valence-electron chi connectivity index (χ1n) is 8.24. The molecular formula is C18H26N2S. The van der Waals surface area contributed by atoms with Crippen molar-refractivity contribution in [1.29, 1.82) is 0 Å². The summed E-state index contributed by atoms with van der Waals surface area (Å²) in [6.07, 6.45) is 6.69. The summed E-state index contributed by atoms with van der Waals surface area (Å²) >= 11 is 2.02. The zero-order valence-electron chi connectivity index (χ0n) is 12.8. The van der Waals surface area contributed by atoms with Crippen LogP contribution in [0.3, 0.4) is 0 Å². The molecule has 1 heterocycles. The summed E-state index contributed by atoms with van der Waals surface area (Å²) in [5.41, 5.74) is 7.26. The molecule has 1 fully saturated rings. The van der Waals surface area contributed by atoms with Gasteiger partial charge in [-0.25, -0.2) is 0 Å². The molecule has 114 valence electrons. The van der Waals surface area contributed by atoms with E-state index in [2.05, 4.69) is 42.2 Å². The number of hydrogen-bond donors (Lipinski definition) is 2. The Kier molecular flexibility index (Phi) is 4.91. The van der Waals surface area contributed by atoms with Gasteiger partial charge in [-0.15, -0.1) is 11.8 Å². The van der Waals surface area contributed by atoms with Crippen molar-refractivity contribution in [3.63, 3.8) is 0 Å². The highest BCUT2D eigenvalue weighted by Crippen LogP contribution is 2.41. The first-order valence-corrected chi connectivity index (χ1v) is 9.12. The Morgan fingerprint density at radius 1 is 1.29 bits per heavy atom. The average molecular weight is 302 g/mol. The first-order chi connectivity index (χ1) is 10.3. The summed E-state index contributed by atoms with van der Waals surface area (Å²) in [5.74, 6) is 1.58. The summed E-state index contributed by atoms with van der Waals surface area (Å²) in [4.78, 5) is 3.56. The number of benzene rings is 1. The molecule has 0 bridgehead atoms. The summed E-state index contributed by atoms with van der Waals surface area (Å²) < 4.78 is 0. The van der Waals surface area contributed by atoms with Crippen LogP contribution < -0.4 is 5.73 Å². The van der Waals surface area contributed by atoms with E-state index in [0.29, 0.717) is 11.2 Å². The molecule has 0 saturated heterocycles. The Hall–Kier alpha value is -0.930. The molecule has 3 atom stereocenters. The second kappa shape index (κ2) is 6.89. The summed E-state index contributed by atoms with van der Waals surface area (Å²) in [6, 6.07) is 10.8. The number of aromatic nitrogens is 1. The molecule has 0 radical (unpaired) electrons. The third-order valence-electron chi connectivity index (χ3n) is 4.82. The maximum absolute atomic E-state index is 6.02. The van der Waals surface area contributed by atoms with Crippen LogP contribution in [0.25, 0.3) is 10.9 Å². The van der Waals surface area contributed by atoms with Crippen LogP contribution in [0.4, 0.5) is 0 Å². The van der Waals surface area contributed by atoms with Gasteiger partial charge in [-0.3, -0.25) is 0 Å². The first kappa shape index (κ1) is 15.0. The average Bonchev–Trinajstić information content (AvgIpc) is 2.90. The lowest BCUT2D eigenvalue weighted by atomic mass is 9.80. The van der Waals surface area contributed by atoms with Gasteiger partial charge < -0.3 is 10.7 Å². The molecular weight excluding hydrogens is 276 g/mol. The molecule has 3 heteroatoms. The quantitative estimate of drug-likeness (QED) is 0.832. The third kappa shape index (κ3) is 3.46. The van der Waals surface area contributed by atoms with Crippen LogP contribution in [0.1, 0.15) is 39.0 Å². The molecule has 3 unspecified atom stereocenters. The van der Waals surface area contributed by atoms with Crippen molar-refractivity contribution in [2.45, 2.75) is 49.3 Å². The van der Waals surface area contributed by atoms with Gasteiger partial charge in [0.15, 0.2) is 0 Å². The smallest absolute Gasteiger partial charge is 0.0735 e. The number of hydrogen-bond acceptors (Lipinski definition) is 2. The molecule has 2 aromatic rings. The normalized spacial score (nSPS) is 26.3. The van der Waals surface area contributed by atoms with Gasteiger partial charge in [-0.05, 0) is 43.4 Å². The minimum atomic E-state index is 0.674. The Balaban J connectivity index is 1.73. The molecule has 21 heavy (non-hydrogen) atoms. The van der Waals surface area contributed by atoms with Crippen molar-refractivity contribution in [3.8, 4) is 0 Å². The second-order valence-corrected chi connectivity index (χ2v) is 7.62. The van der Waals surface area contributed by atoms with Gasteiger partial charge in [-0.1, -0.05) is 44.4 Å². The Bertz CT molecular complexity index is 544. The number of nitrogens with two attached hydrogens (primary N) is 1. The Morgan fingerprint density at radius 3 is 2.90 bits per heavy atom. The van der Waals surface area contributed by atoms with E-state index >= 15 is 0 Å². The summed E-state index contributed by atoms with van der Waals surface area (Å²) in [7, 11) is 0. The van der Waals surface area contributed by atoms with Gasteiger partial charge >= 0.3 is 0 Å². The van der Waals surface area contributed by atoms with Crippen LogP contribution in [-0.4, -0.2) is 16.8 Å². The highest BCUT2D eigenvalue weighted by molar-refractivity contribution is 7.99. The SMILES string of the molecule is CCCC1CCC(CN)C(Sc2cc3ccccc3[nH]2)C1. The van der Waals surface area contributed by atoms with Gasteiger partial charge in [0.05, 0.1) is 5.03 Å². The zero-order valence-corrected chi connectivity index (χ0v) is 13.7. The second-order valence-electron chi connectivity index (χ2n) is 6.34.